The molecule has 7 heteroatoms. The molecule has 1 saturated heterocycles. The Morgan fingerprint density at radius 1 is 1.29 bits per heavy atom. The Bertz CT molecular complexity index is 496. The van der Waals surface area contributed by atoms with Crippen LogP contribution in [0, 0.1) is 0 Å². The lowest BCUT2D eigenvalue weighted by molar-refractivity contribution is -0.126. The van der Waals surface area contributed by atoms with E-state index in [1.54, 1.807) is 0 Å². The van der Waals surface area contributed by atoms with Crippen LogP contribution in [0.2, 0.25) is 0 Å². The molecule has 1 heterocycles. The number of allylic oxidation sites excluding steroid dienone is 2. The molecule has 1 atom stereocenters. The average Bonchev–Trinajstić information content (AvgIpc) is 2.60. The number of nitrogens with zero attached hydrogens (tertiary/aromatic N) is 1. The van der Waals surface area contributed by atoms with Gasteiger partial charge in [0, 0.05) is 31.2 Å². The SMILES string of the molecule is O=C1C=C(N2CC(S(=O)(=O)F)CC2=O)CCC1. The molecule has 1 aliphatic carbocycles. The van der Waals surface area contributed by atoms with Crippen LogP contribution in [0.3, 0.4) is 0 Å². The van der Waals surface area contributed by atoms with Gasteiger partial charge in [-0.1, -0.05) is 0 Å². The zero-order chi connectivity index (χ0) is 12.6. The topological polar surface area (TPSA) is 71.5 Å². The van der Waals surface area contributed by atoms with Crippen LogP contribution in [0.25, 0.3) is 0 Å². The highest BCUT2D eigenvalue weighted by molar-refractivity contribution is 7.87. The van der Waals surface area contributed by atoms with E-state index in [0.717, 1.165) is 0 Å². The first-order chi connectivity index (χ1) is 7.88. The van der Waals surface area contributed by atoms with Gasteiger partial charge in [0.05, 0.1) is 0 Å². The van der Waals surface area contributed by atoms with Crippen molar-refractivity contribution in [1.29, 1.82) is 0 Å². The standard InChI is InChI=1S/C10H12FNO4S/c11-17(15,16)9-5-10(14)12(6-9)7-2-1-3-8(13)4-7/h4,9H,1-3,5-6H2. The van der Waals surface area contributed by atoms with E-state index in [0.29, 0.717) is 25.0 Å². The Balaban J connectivity index is 2.19. The summed E-state index contributed by atoms with van der Waals surface area (Å²) in [5, 5.41) is -1.30. The summed E-state index contributed by atoms with van der Waals surface area (Å²) in [6, 6.07) is 0. The number of amides is 1. The number of hydrogen-bond donors (Lipinski definition) is 0. The van der Waals surface area contributed by atoms with Gasteiger partial charge in [-0.05, 0) is 12.8 Å². The van der Waals surface area contributed by atoms with Gasteiger partial charge in [-0.2, -0.15) is 8.42 Å². The van der Waals surface area contributed by atoms with Crippen molar-refractivity contribution in [3.05, 3.63) is 11.8 Å². The minimum Gasteiger partial charge on any atom is -0.315 e. The van der Waals surface area contributed by atoms with Crippen molar-refractivity contribution in [3.63, 3.8) is 0 Å². The molecule has 2 aliphatic rings. The molecule has 0 aromatic carbocycles. The van der Waals surface area contributed by atoms with Gasteiger partial charge < -0.3 is 4.90 Å². The fourth-order valence-corrected chi connectivity index (χ4v) is 2.80. The van der Waals surface area contributed by atoms with E-state index in [4.69, 9.17) is 0 Å². The molecule has 0 N–H and O–H groups in total. The summed E-state index contributed by atoms with van der Waals surface area (Å²) in [4.78, 5) is 24.0. The van der Waals surface area contributed by atoms with Crippen molar-refractivity contribution >= 4 is 21.9 Å². The first kappa shape index (κ1) is 12.2. The molecule has 1 aliphatic heterocycles. The van der Waals surface area contributed by atoms with E-state index in [9.17, 15) is 21.9 Å². The van der Waals surface area contributed by atoms with Crippen LogP contribution < -0.4 is 0 Å². The smallest absolute Gasteiger partial charge is 0.307 e. The van der Waals surface area contributed by atoms with Crippen LogP contribution in [-0.4, -0.2) is 36.8 Å². The predicted octanol–water partition coefficient (Wildman–Crippen LogP) is 0.523. The normalized spacial score (nSPS) is 26.3. The molecule has 5 nitrogen and oxygen atoms in total. The van der Waals surface area contributed by atoms with E-state index in [2.05, 4.69) is 0 Å². The Hall–Kier alpha value is -1.24. The molecule has 1 fully saturated rings. The lowest BCUT2D eigenvalue weighted by Gasteiger charge is -2.22. The number of rotatable bonds is 2. The number of carbonyl (C=O) groups excluding carboxylic acids is 2. The summed E-state index contributed by atoms with van der Waals surface area (Å²) < 4.78 is 34.3. The van der Waals surface area contributed by atoms with Gasteiger partial charge in [0.15, 0.2) is 5.78 Å². The molecule has 1 unspecified atom stereocenters. The van der Waals surface area contributed by atoms with E-state index in [-0.39, 0.29) is 18.7 Å². The van der Waals surface area contributed by atoms with Gasteiger partial charge >= 0.3 is 10.2 Å². The molecule has 0 spiro atoms. The summed E-state index contributed by atoms with van der Waals surface area (Å²) in [7, 11) is -4.70. The Kier molecular flexibility index (Phi) is 3.03. The van der Waals surface area contributed by atoms with Gasteiger partial charge in [-0.3, -0.25) is 9.59 Å². The van der Waals surface area contributed by atoms with Gasteiger partial charge in [-0.25, -0.2) is 0 Å². The van der Waals surface area contributed by atoms with Crippen molar-refractivity contribution in [2.24, 2.45) is 0 Å². The molecule has 1 amide bonds. The van der Waals surface area contributed by atoms with Gasteiger partial charge in [0.25, 0.3) is 0 Å². The summed E-state index contributed by atoms with van der Waals surface area (Å²) in [6.45, 7) is -0.184. The number of ketones is 1. The maximum Gasteiger partial charge on any atom is 0.307 e. The maximum absolute atomic E-state index is 12.8. The van der Waals surface area contributed by atoms with E-state index >= 15 is 0 Å². The van der Waals surface area contributed by atoms with Gasteiger partial charge in [0.2, 0.25) is 5.91 Å². The number of halogens is 1. The number of likely N-dealkylation sites (tertiary alicyclic amines) is 1. The van der Waals surface area contributed by atoms with Crippen molar-refractivity contribution < 1.29 is 21.9 Å². The molecule has 0 aromatic rings. The Morgan fingerprint density at radius 2 is 2.00 bits per heavy atom. The van der Waals surface area contributed by atoms with E-state index in [1.165, 1.54) is 11.0 Å². The third-order valence-corrected chi connectivity index (χ3v) is 4.13. The molecular weight excluding hydrogens is 249 g/mol. The third-order valence-electron chi connectivity index (χ3n) is 3.02. The average molecular weight is 261 g/mol. The van der Waals surface area contributed by atoms with Crippen molar-refractivity contribution in [2.45, 2.75) is 30.9 Å². The van der Waals surface area contributed by atoms with E-state index in [1.807, 2.05) is 0 Å². The quantitative estimate of drug-likeness (QED) is 0.679. The Morgan fingerprint density at radius 3 is 2.53 bits per heavy atom. The van der Waals surface area contributed by atoms with Crippen LogP contribution in [0.15, 0.2) is 11.8 Å². The summed E-state index contributed by atoms with van der Waals surface area (Å²) in [5.41, 5.74) is 0.511. The van der Waals surface area contributed by atoms with E-state index < -0.39 is 21.4 Å². The van der Waals surface area contributed by atoms with Crippen LogP contribution >= 0.6 is 0 Å². The number of carbonyl (C=O) groups is 2. The lowest BCUT2D eigenvalue weighted by Crippen LogP contribution is -2.28. The molecule has 0 aromatic heterocycles. The molecule has 94 valence electrons. The molecule has 0 bridgehead atoms. The monoisotopic (exact) mass is 261 g/mol. The third kappa shape index (κ3) is 2.54. The number of hydrogen-bond acceptors (Lipinski definition) is 4. The maximum atomic E-state index is 12.8. The first-order valence-corrected chi connectivity index (χ1v) is 6.80. The van der Waals surface area contributed by atoms with Gasteiger partial charge in [0.1, 0.15) is 5.25 Å². The second-order valence-corrected chi connectivity index (χ2v) is 5.88. The molecule has 0 radical (unpaired) electrons. The Labute approximate surface area is 98.5 Å². The zero-order valence-electron chi connectivity index (χ0n) is 9.06. The fourth-order valence-electron chi connectivity index (χ4n) is 2.13. The van der Waals surface area contributed by atoms with Gasteiger partial charge in [-0.15, -0.1) is 3.89 Å². The highest BCUT2D eigenvalue weighted by atomic mass is 32.3. The molecular formula is C10H12FNO4S. The van der Waals surface area contributed by atoms with Crippen LogP contribution in [0.1, 0.15) is 25.7 Å². The van der Waals surface area contributed by atoms with Crippen LogP contribution in [0.5, 0.6) is 0 Å². The first-order valence-electron chi connectivity index (χ1n) is 5.35. The van der Waals surface area contributed by atoms with Crippen LogP contribution in [-0.2, 0) is 19.8 Å². The minimum atomic E-state index is -4.70. The summed E-state index contributed by atoms with van der Waals surface area (Å²) in [5.74, 6) is -0.511. The summed E-state index contributed by atoms with van der Waals surface area (Å²) in [6.07, 6.45) is 2.65. The molecule has 17 heavy (non-hydrogen) atoms. The highest BCUT2D eigenvalue weighted by Gasteiger charge is 2.40. The van der Waals surface area contributed by atoms with Crippen molar-refractivity contribution in [1.82, 2.24) is 4.90 Å². The van der Waals surface area contributed by atoms with Crippen molar-refractivity contribution in [2.75, 3.05) is 6.54 Å². The second kappa shape index (κ2) is 4.21. The second-order valence-electron chi connectivity index (χ2n) is 4.26. The van der Waals surface area contributed by atoms with Crippen LogP contribution in [0.4, 0.5) is 3.89 Å². The fraction of sp³-hybridized carbons (Fsp3) is 0.600. The lowest BCUT2D eigenvalue weighted by atomic mass is 10.0. The molecule has 2 rings (SSSR count). The minimum absolute atomic E-state index is 0.0781. The summed E-state index contributed by atoms with van der Waals surface area (Å²) >= 11 is 0. The zero-order valence-corrected chi connectivity index (χ0v) is 9.87. The predicted molar refractivity (Wildman–Crippen MR) is 57.1 cm³/mol. The molecule has 0 saturated carbocycles. The van der Waals surface area contributed by atoms with Crippen molar-refractivity contribution in [3.8, 4) is 0 Å². The highest BCUT2D eigenvalue weighted by Crippen LogP contribution is 2.27. The largest absolute Gasteiger partial charge is 0.315 e.